The lowest BCUT2D eigenvalue weighted by Gasteiger charge is -2.17. The number of hydrogen-bond acceptors (Lipinski definition) is 4. The first-order valence-electron chi connectivity index (χ1n) is 6.35. The topological polar surface area (TPSA) is 30.8 Å². The Hall–Kier alpha value is -1.81. The first-order chi connectivity index (χ1) is 9.33. The zero-order valence-electron chi connectivity index (χ0n) is 10.6. The van der Waals surface area contributed by atoms with Gasteiger partial charge in [0.05, 0.1) is 5.71 Å². The van der Waals surface area contributed by atoms with Gasteiger partial charge in [-0.25, -0.2) is 0 Å². The molecule has 1 aromatic heterocycles. The summed E-state index contributed by atoms with van der Waals surface area (Å²) >= 11 is 1.76. The van der Waals surface area contributed by atoms with Crippen LogP contribution >= 0.6 is 11.3 Å². The molecule has 0 bridgehead atoms. The lowest BCUT2D eigenvalue weighted by molar-refractivity contribution is 0.174. The quantitative estimate of drug-likeness (QED) is 0.797. The van der Waals surface area contributed by atoms with Gasteiger partial charge in [-0.3, -0.25) is 4.99 Å². The maximum Gasteiger partial charge on any atom is 0.231 e. The summed E-state index contributed by atoms with van der Waals surface area (Å²) in [4.78, 5) is 6.04. The Morgan fingerprint density at radius 1 is 1.16 bits per heavy atom. The van der Waals surface area contributed by atoms with Crippen LogP contribution in [0.5, 0.6) is 11.5 Å². The first kappa shape index (κ1) is 11.1. The van der Waals surface area contributed by atoms with Crippen LogP contribution in [0.3, 0.4) is 0 Å². The highest BCUT2D eigenvalue weighted by molar-refractivity contribution is 7.10. The molecule has 0 N–H and O–H groups in total. The molecule has 0 saturated heterocycles. The molecule has 0 atom stereocenters. The molecule has 0 spiro atoms. The monoisotopic (exact) mass is 271 g/mol. The van der Waals surface area contributed by atoms with Crippen LogP contribution in [-0.4, -0.2) is 19.0 Å². The molecule has 0 amide bonds. The van der Waals surface area contributed by atoms with E-state index in [0.717, 1.165) is 30.2 Å². The molecular formula is C15H13NO2S. The molecule has 0 unspecified atom stereocenters. The van der Waals surface area contributed by atoms with Gasteiger partial charge in [0.15, 0.2) is 11.5 Å². The van der Waals surface area contributed by atoms with E-state index in [9.17, 15) is 0 Å². The van der Waals surface area contributed by atoms with Crippen LogP contribution in [0.2, 0.25) is 0 Å². The number of nitrogens with zero attached hydrogens (tertiary/aromatic N) is 1. The van der Waals surface area contributed by atoms with Crippen LogP contribution in [-0.2, 0) is 6.42 Å². The largest absolute Gasteiger partial charge is 0.454 e. The number of hydrogen-bond donors (Lipinski definition) is 0. The summed E-state index contributed by atoms with van der Waals surface area (Å²) in [7, 11) is 0. The highest BCUT2D eigenvalue weighted by Gasteiger charge is 2.23. The van der Waals surface area contributed by atoms with Crippen molar-refractivity contribution in [3.63, 3.8) is 0 Å². The van der Waals surface area contributed by atoms with Crippen LogP contribution in [0.4, 0.5) is 0 Å². The Labute approximate surface area is 115 Å². The Morgan fingerprint density at radius 3 is 2.79 bits per heavy atom. The zero-order valence-corrected chi connectivity index (χ0v) is 11.4. The minimum atomic E-state index is 0.322. The van der Waals surface area contributed by atoms with E-state index in [-0.39, 0.29) is 0 Å². The lowest BCUT2D eigenvalue weighted by Crippen LogP contribution is -2.14. The molecule has 4 heteroatoms. The minimum Gasteiger partial charge on any atom is -0.454 e. The number of fused-ring (bicyclic) bond motifs is 2. The SMILES string of the molecule is Cc1sccc1C1=NCCc2cc3c(cc21)OCO3. The van der Waals surface area contributed by atoms with Crippen molar-refractivity contribution in [2.45, 2.75) is 13.3 Å². The molecule has 19 heavy (non-hydrogen) atoms. The Morgan fingerprint density at radius 2 is 2.00 bits per heavy atom. The number of benzene rings is 1. The number of aryl methyl sites for hydroxylation is 1. The second-order valence-corrected chi connectivity index (χ2v) is 5.85. The van der Waals surface area contributed by atoms with Crippen molar-refractivity contribution in [3.8, 4) is 11.5 Å². The molecule has 0 fully saturated rings. The molecular weight excluding hydrogens is 258 g/mol. The van der Waals surface area contributed by atoms with Crippen molar-refractivity contribution < 1.29 is 9.47 Å². The summed E-state index contributed by atoms with van der Waals surface area (Å²) in [6.45, 7) is 3.31. The molecule has 3 heterocycles. The Balaban J connectivity index is 1.89. The predicted molar refractivity (Wildman–Crippen MR) is 75.8 cm³/mol. The van der Waals surface area contributed by atoms with Crippen molar-refractivity contribution in [1.82, 2.24) is 0 Å². The van der Waals surface area contributed by atoms with Crippen molar-refractivity contribution in [2.75, 3.05) is 13.3 Å². The molecule has 1 aromatic carbocycles. The van der Waals surface area contributed by atoms with E-state index in [2.05, 4.69) is 30.5 Å². The van der Waals surface area contributed by atoms with Gasteiger partial charge in [0, 0.05) is 22.5 Å². The van der Waals surface area contributed by atoms with Gasteiger partial charge in [-0.2, -0.15) is 0 Å². The van der Waals surface area contributed by atoms with Gasteiger partial charge in [0.2, 0.25) is 6.79 Å². The van der Waals surface area contributed by atoms with E-state index in [1.54, 1.807) is 11.3 Å². The second kappa shape index (κ2) is 4.10. The highest BCUT2D eigenvalue weighted by atomic mass is 32.1. The zero-order chi connectivity index (χ0) is 12.8. The maximum absolute atomic E-state index is 5.49. The molecule has 2 aliphatic heterocycles. The summed E-state index contributed by atoms with van der Waals surface area (Å²) in [5, 5.41) is 2.12. The summed E-state index contributed by atoms with van der Waals surface area (Å²) in [5.41, 5.74) is 4.83. The third-order valence-corrected chi connectivity index (χ3v) is 4.46. The van der Waals surface area contributed by atoms with E-state index < -0.39 is 0 Å². The van der Waals surface area contributed by atoms with Gasteiger partial charge >= 0.3 is 0 Å². The molecule has 3 nitrogen and oxygen atoms in total. The first-order valence-corrected chi connectivity index (χ1v) is 7.23. The van der Waals surface area contributed by atoms with Crippen molar-refractivity contribution >= 4 is 17.0 Å². The van der Waals surface area contributed by atoms with E-state index in [1.165, 1.54) is 21.6 Å². The van der Waals surface area contributed by atoms with E-state index in [1.807, 2.05) is 0 Å². The van der Waals surface area contributed by atoms with Gasteiger partial charge < -0.3 is 9.47 Å². The number of rotatable bonds is 1. The minimum absolute atomic E-state index is 0.322. The number of aliphatic imine (C=N–C) groups is 1. The van der Waals surface area contributed by atoms with Crippen LogP contribution in [0.15, 0.2) is 28.6 Å². The second-order valence-electron chi connectivity index (χ2n) is 4.73. The fraction of sp³-hybridized carbons (Fsp3) is 0.267. The maximum atomic E-state index is 5.49. The van der Waals surface area contributed by atoms with Gasteiger partial charge in [-0.1, -0.05) is 0 Å². The molecule has 0 saturated carbocycles. The smallest absolute Gasteiger partial charge is 0.231 e. The highest BCUT2D eigenvalue weighted by Crippen LogP contribution is 2.37. The predicted octanol–water partition coefficient (Wildman–Crippen LogP) is 3.18. The number of thiophene rings is 1. The van der Waals surface area contributed by atoms with E-state index in [4.69, 9.17) is 14.5 Å². The van der Waals surface area contributed by atoms with Gasteiger partial charge in [0.1, 0.15) is 0 Å². The van der Waals surface area contributed by atoms with Crippen LogP contribution in [0.1, 0.15) is 21.6 Å². The van der Waals surface area contributed by atoms with Gasteiger partial charge in [-0.05, 0) is 42.5 Å². The molecule has 4 rings (SSSR count). The summed E-state index contributed by atoms with van der Waals surface area (Å²) in [6.07, 6.45) is 0.971. The van der Waals surface area contributed by atoms with Crippen molar-refractivity contribution in [3.05, 3.63) is 45.1 Å². The molecule has 0 aliphatic carbocycles. The van der Waals surface area contributed by atoms with Crippen LogP contribution in [0.25, 0.3) is 0 Å². The third kappa shape index (κ3) is 1.67. The summed E-state index contributed by atoms with van der Waals surface area (Å²) < 4.78 is 10.9. The average molecular weight is 271 g/mol. The fourth-order valence-corrected chi connectivity index (χ4v) is 3.35. The van der Waals surface area contributed by atoms with Gasteiger partial charge in [-0.15, -0.1) is 11.3 Å². The van der Waals surface area contributed by atoms with E-state index >= 15 is 0 Å². The normalized spacial score (nSPS) is 16.2. The summed E-state index contributed by atoms with van der Waals surface area (Å²) in [5.74, 6) is 1.70. The third-order valence-electron chi connectivity index (χ3n) is 3.62. The molecule has 0 radical (unpaired) electrons. The van der Waals surface area contributed by atoms with Crippen molar-refractivity contribution in [1.29, 1.82) is 0 Å². The molecule has 2 aliphatic rings. The standard InChI is InChI=1S/C15H13NO2S/c1-9-11(3-5-19-9)15-12-7-14-13(17-8-18-14)6-10(12)2-4-16-15/h3,5-7H,2,4,8H2,1H3. The van der Waals surface area contributed by atoms with Crippen LogP contribution < -0.4 is 9.47 Å². The van der Waals surface area contributed by atoms with Crippen molar-refractivity contribution in [2.24, 2.45) is 4.99 Å². The lowest BCUT2D eigenvalue weighted by atomic mass is 9.93. The molecule has 2 aromatic rings. The van der Waals surface area contributed by atoms with Crippen LogP contribution in [0, 0.1) is 6.92 Å². The van der Waals surface area contributed by atoms with Gasteiger partial charge in [0.25, 0.3) is 0 Å². The fourth-order valence-electron chi connectivity index (χ4n) is 2.65. The summed E-state index contributed by atoms with van der Waals surface area (Å²) in [6, 6.07) is 6.33. The Bertz CT molecular complexity index is 687. The molecule has 96 valence electrons. The Kier molecular flexibility index (Phi) is 2.38. The van der Waals surface area contributed by atoms with E-state index in [0.29, 0.717) is 6.79 Å². The number of ether oxygens (including phenoxy) is 2. The average Bonchev–Trinajstić information content (AvgIpc) is 3.03.